The van der Waals surface area contributed by atoms with Gasteiger partial charge in [0, 0.05) is 19.9 Å². The topological polar surface area (TPSA) is 63.2 Å². The Balaban J connectivity index is 2.26. The van der Waals surface area contributed by atoms with E-state index in [1.165, 1.54) is 6.20 Å². The van der Waals surface area contributed by atoms with Crippen LogP contribution in [0, 0.1) is 0 Å². The largest absolute Gasteiger partial charge is 0.383 e. The molecule has 1 amide bonds. The second-order valence-corrected chi connectivity index (χ2v) is 3.52. The molecule has 0 aromatic carbocycles. The van der Waals surface area contributed by atoms with E-state index in [1.807, 2.05) is 0 Å². The molecule has 1 heterocycles. The summed E-state index contributed by atoms with van der Waals surface area (Å²) in [5, 5.41) is 6.10. The van der Waals surface area contributed by atoms with Gasteiger partial charge in [0.15, 0.2) is 0 Å². The van der Waals surface area contributed by atoms with E-state index in [-0.39, 0.29) is 12.5 Å². The standard InChI is InChI=1S/C10H14ClN3O2/c1-16-5-4-12-7-10(15)14-9-3-2-8(11)6-13-9/h2-3,6,12H,4-5,7H2,1H3,(H,13,14,15). The molecule has 0 atom stereocenters. The number of anilines is 1. The molecule has 0 saturated heterocycles. The highest BCUT2D eigenvalue weighted by Crippen LogP contribution is 2.08. The van der Waals surface area contributed by atoms with Crippen LogP contribution in [-0.4, -0.2) is 37.7 Å². The van der Waals surface area contributed by atoms with Crippen LogP contribution in [0.5, 0.6) is 0 Å². The zero-order valence-corrected chi connectivity index (χ0v) is 9.75. The van der Waals surface area contributed by atoms with Gasteiger partial charge < -0.3 is 15.4 Å². The van der Waals surface area contributed by atoms with E-state index in [0.717, 1.165) is 0 Å². The summed E-state index contributed by atoms with van der Waals surface area (Å²) in [6.45, 7) is 1.44. The molecule has 1 rings (SSSR count). The Hall–Kier alpha value is -1.17. The smallest absolute Gasteiger partial charge is 0.239 e. The van der Waals surface area contributed by atoms with Crippen LogP contribution in [0.3, 0.4) is 0 Å². The van der Waals surface area contributed by atoms with Crippen molar-refractivity contribution in [3.63, 3.8) is 0 Å². The van der Waals surface area contributed by atoms with E-state index in [9.17, 15) is 4.79 Å². The minimum absolute atomic E-state index is 0.147. The van der Waals surface area contributed by atoms with Crippen molar-refractivity contribution >= 4 is 23.3 Å². The summed E-state index contributed by atoms with van der Waals surface area (Å²) >= 11 is 5.67. The molecule has 0 radical (unpaired) electrons. The van der Waals surface area contributed by atoms with E-state index < -0.39 is 0 Å². The Morgan fingerprint density at radius 2 is 2.38 bits per heavy atom. The maximum Gasteiger partial charge on any atom is 0.239 e. The van der Waals surface area contributed by atoms with Crippen LogP contribution in [-0.2, 0) is 9.53 Å². The number of amides is 1. The van der Waals surface area contributed by atoms with Crippen LogP contribution < -0.4 is 10.6 Å². The third kappa shape index (κ3) is 5.06. The van der Waals surface area contributed by atoms with Gasteiger partial charge in [0.25, 0.3) is 0 Å². The third-order valence-corrected chi connectivity index (χ3v) is 1.99. The molecule has 0 fully saturated rings. The number of hydrogen-bond acceptors (Lipinski definition) is 4. The summed E-state index contributed by atoms with van der Waals surface area (Å²) in [5.74, 6) is 0.342. The quantitative estimate of drug-likeness (QED) is 0.729. The molecule has 0 aliphatic carbocycles. The number of pyridine rings is 1. The average Bonchev–Trinajstić information content (AvgIpc) is 2.28. The van der Waals surface area contributed by atoms with Crippen molar-refractivity contribution < 1.29 is 9.53 Å². The van der Waals surface area contributed by atoms with Gasteiger partial charge in [-0.1, -0.05) is 11.6 Å². The van der Waals surface area contributed by atoms with E-state index in [2.05, 4.69) is 15.6 Å². The predicted molar refractivity (Wildman–Crippen MR) is 62.6 cm³/mol. The number of hydrogen-bond donors (Lipinski definition) is 2. The van der Waals surface area contributed by atoms with Crippen LogP contribution in [0.1, 0.15) is 0 Å². The number of carbonyl (C=O) groups is 1. The summed E-state index contributed by atoms with van der Waals surface area (Å²) in [6, 6.07) is 3.32. The van der Waals surface area contributed by atoms with E-state index >= 15 is 0 Å². The molecule has 0 spiro atoms. The molecule has 0 saturated carbocycles. The minimum Gasteiger partial charge on any atom is -0.383 e. The normalized spacial score (nSPS) is 10.1. The molecule has 0 aliphatic heterocycles. The zero-order valence-electron chi connectivity index (χ0n) is 9.00. The first-order valence-electron chi connectivity index (χ1n) is 4.83. The number of nitrogens with zero attached hydrogens (tertiary/aromatic N) is 1. The number of carbonyl (C=O) groups excluding carboxylic acids is 1. The maximum atomic E-state index is 11.4. The minimum atomic E-state index is -0.147. The zero-order chi connectivity index (χ0) is 11.8. The van der Waals surface area contributed by atoms with Crippen molar-refractivity contribution in [3.8, 4) is 0 Å². The molecule has 0 unspecified atom stereocenters. The van der Waals surface area contributed by atoms with E-state index in [0.29, 0.717) is 24.0 Å². The molecule has 88 valence electrons. The Labute approximate surface area is 99.2 Å². The predicted octanol–water partition coefficient (Wildman–Crippen LogP) is 0.909. The number of methoxy groups -OCH3 is 1. The monoisotopic (exact) mass is 243 g/mol. The maximum absolute atomic E-state index is 11.4. The SMILES string of the molecule is COCCNCC(=O)Nc1ccc(Cl)cn1. The molecule has 6 heteroatoms. The van der Waals surface area contributed by atoms with Gasteiger partial charge in [0.1, 0.15) is 5.82 Å². The summed E-state index contributed by atoms with van der Waals surface area (Å²) in [5.41, 5.74) is 0. The third-order valence-electron chi connectivity index (χ3n) is 1.76. The summed E-state index contributed by atoms with van der Waals surface area (Å²) < 4.78 is 4.83. The van der Waals surface area contributed by atoms with Gasteiger partial charge in [-0.25, -0.2) is 4.98 Å². The number of nitrogens with one attached hydrogen (secondary N) is 2. The number of rotatable bonds is 6. The van der Waals surface area contributed by atoms with Gasteiger partial charge in [-0.15, -0.1) is 0 Å². The molecule has 1 aromatic heterocycles. The van der Waals surface area contributed by atoms with Gasteiger partial charge in [-0.2, -0.15) is 0 Å². The average molecular weight is 244 g/mol. The van der Waals surface area contributed by atoms with Crippen LogP contribution in [0.4, 0.5) is 5.82 Å². The van der Waals surface area contributed by atoms with Gasteiger partial charge in [0.05, 0.1) is 18.2 Å². The Bertz CT molecular complexity index is 329. The molecule has 2 N–H and O–H groups in total. The van der Waals surface area contributed by atoms with Gasteiger partial charge >= 0.3 is 0 Å². The first-order valence-corrected chi connectivity index (χ1v) is 5.21. The van der Waals surface area contributed by atoms with Gasteiger partial charge in [-0.05, 0) is 12.1 Å². The lowest BCUT2D eigenvalue weighted by molar-refractivity contribution is -0.115. The van der Waals surface area contributed by atoms with Crippen molar-refractivity contribution in [2.45, 2.75) is 0 Å². The van der Waals surface area contributed by atoms with Crippen molar-refractivity contribution in [2.24, 2.45) is 0 Å². The summed E-state index contributed by atoms with van der Waals surface area (Å²) in [7, 11) is 1.61. The first-order chi connectivity index (χ1) is 7.72. The number of ether oxygens (including phenoxy) is 1. The fourth-order valence-corrected chi connectivity index (χ4v) is 1.12. The molecule has 0 bridgehead atoms. The molecule has 5 nitrogen and oxygen atoms in total. The van der Waals surface area contributed by atoms with Crippen molar-refractivity contribution in [2.75, 3.05) is 32.1 Å². The lowest BCUT2D eigenvalue weighted by atomic mass is 10.4. The number of aromatic nitrogens is 1. The molecule has 16 heavy (non-hydrogen) atoms. The molecular formula is C10H14ClN3O2. The highest BCUT2D eigenvalue weighted by atomic mass is 35.5. The van der Waals surface area contributed by atoms with Gasteiger partial charge in [-0.3, -0.25) is 4.79 Å². The lowest BCUT2D eigenvalue weighted by Gasteiger charge is -2.05. The van der Waals surface area contributed by atoms with E-state index in [4.69, 9.17) is 16.3 Å². The fraction of sp³-hybridized carbons (Fsp3) is 0.400. The van der Waals surface area contributed by atoms with Crippen LogP contribution >= 0.6 is 11.6 Å². The van der Waals surface area contributed by atoms with Crippen molar-refractivity contribution in [1.82, 2.24) is 10.3 Å². The summed E-state index contributed by atoms with van der Waals surface area (Å²) in [4.78, 5) is 15.3. The van der Waals surface area contributed by atoms with Crippen LogP contribution in [0.2, 0.25) is 5.02 Å². The van der Waals surface area contributed by atoms with Crippen molar-refractivity contribution in [3.05, 3.63) is 23.4 Å². The Morgan fingerprint density at radius 3 is 3.00 bits per heavy atom. The second kappa shape index (κ2) is 7.16. The Morgan fingerprint density at radius 1 is 1.56 bits per heavy atom. The molecule has 0 aliphatic rings. The highest BCUT2D eigenvalue weighted by molar-refractivity contribution is 6.30. The van der Waals surface area contributed by atoms with Crippen LogP contribution in [0.15, 0.2) is 18.3 Å². The highest BCUT2D eigenvalue weighted by Gasteiger charge is 2.01. The molecule has 1 aromatic rings. The second-order valence-electron chi connectivity index (χ2n) is 3.08. The van der Waals surface area contributed by atoms with E-state index in [1.54, 1.807) is 19.2 Å². The first kappa shape index (κ1) is 12.9. The number of halogens is 1. The van der Waals surface area contributed by atoms with Crippen LogP contribution in [0.25, 0.3) is 0 Å². The summed E-state index contributed by atoms with van der Waals surface area (Å²) in [6.07, 6.45) is 1.48. The lowest BCUT2D eigenvalue weighted by Crippen LogP contribution is -2.30. The van der Waals surface area contributed by atoms with Crippen molar-refractivity contribution in [1.29, 1.82) is 0 Å². The Kier molecular flexibility index (Phi) is 5.77. The fourth-order valence-electron chi connectivity index (χ4n) is 1.01. The molecular weight excluding hydrogens is 230 g/mol. The van der Waals surface area contributed by atoms with Gasteiger partial charge in [0.2, 0.25) is 5.91 Å².